The van der Waals surface area contributed by atoms with Crippen molar-refractivity contribution in [1.82, 2.24) is 10.2 Å². The van der Waals surface area contributed by atoms with E-state index in [0.29, 0.717) is 12.6 Å². The second kappa shape index (κ2) is 11.0. The maximum absolute atomic E-state index is 5.98. The topological polar surface area (TPSA) is 46.1 Å². The Morgan fingerprint density at radius 3 is 2.68 bits per heavy atom. The van der Waals surface area contributed by atoms with Crippen LogP contribution in [0, 0.1) is 0 Å². The van der Waals surface area contributed by atoms with E-state index in [1.807, 2.05) is 0 Å². The normalized spacial score (nSPS) is 15.9. The molecule has 1 fully saturated rings. The van der Waals surface area contributed by atoms with Crippen molar-refractivity contribution in [1.29, 1.82) is 0 Å². The lowest BCUT2D eigenvalue weighted by Crippen LogP contribution is -2.47. The minimum atomic E-state index is 0.356. The summed E-state index contributed by atoms with van der Waals surface area (Å²) < 4.78 is 11.1. The van der Waals surface area contributed by atoms with Gasteiger partial charge >= 0.3 is 0 Å². The van der Waals surface area contributed by atoms with Gasteiger partial charge in [-0.1, -0.05) is 42.5 Å². The number of guanidine groups is 1. The molecule has 0 saturated carbocycles. The summed E-state index contributed by atoms with van der Waals surface area (Å²) in [5.41, 5.74) is 1.27. The van der Waals surface area contributed by atoms with Gasteiger partial charge in [0.1, 0.15) is 0 Å². The number of ether oxygens (including phenoxy) is 2. The molecule has 3 rings (SSSR count). The third-order valence-electron chi connectivity index (χ3n) is 5.20. The first-order chi connectivity index (χ1) is 13.8. The van der Waals surface area contributed by atoms with Crippen molar-refractivity contribution >= 4 is 16.7 Å². The molecule has 28 heavy (non-hydrogen) atoms. The lowest BCUT2D eigenvalue weighted by molar-refractivity contribution is 0.00990. The molecule has 0 aliphatic carbocycles. The van der Waals surface area contributed by atoms with Crippen LogP contribution in [-0.2, 0) is 16.0 Å². The molecule has 1 N–H and O–H groups in total. The summed E-state index contributed by atoms with van der Waals surface area (Å²) in [7, 11) is 1.73. The van der Waals surface area contributed by atoms with Gasteiger partial charge in [0.05, 0.1) is 12.6 Å². The number of hydrogen-bond donors (Lipinski definition) is 1. The maximum atomic E-state index is 5.98. The van der Waals surface area contributed by atoms with Gasteiger partial charge in [0.2, 0.25) is 0 Å². The van der Waals surface area contributed by atoms with Crippen molar-refractivity contribution in [2.24, 2.45) is 4.99 Å². The Kier molecular flexibility index (Phi) is 8.12. The standard InChI is InChI=1S/C23H33N3O2/c1-3-24-23(26-14-12-21(13-15-26)28-17-7-16-27-2)25-18-20-10-6-9-19-8-4-5-11-22(19)20/h4-6,8-11,21H,3,7,12-18H2,1-2H3,(H,24,25). The highest BCUT2D eigenvalue weighted by molar-refractivity contribution is 5.86. The van der Waals surface area contributed by atoms with Crippen molar-refractivity contribution in [2.75, 3.05) is 40.0 Å². The van der Waals surface area contributed by atoms with E-state index in [1.165, 1.54) is 16.3 Å². The quantitative estimate of drug-likeness (QED) is 0.428. The van der Waals surface area contributed by atoms with Crippen LogP contribution in [-0.4, -0.2) is 56.9 Å². The molecule has 5 heteroatoms. The van der Waals surface area contributed by atoms with Crippen LogP contribution >= 0.6 is 0 Å². The molecule has 1 aliphatic rings. The lowest BCUT2D eigenvalue weighted by atomic mass is 10.0. The Morgan fingerprint density at radius 2 is 1.89 bits per heavy atom. The van der Waals surface area contributed by atoms with E-state index in [9.17, 15) is 0 Å². The van der Waals surface area contributed by atoms with Crippen molar-refractivity contribution in [3.63, 3.8) is 0 Å². The summed E-state index contributed by atoms with van der Waals surface area (Å²) in [6.07, 6.45) is 3.41. The number of piperidine rings is 1. The predicted molar refractivity (Wildman–Crippen MR) is 116 cm³/mol. The summed E-state index contributed by atoms with van der Waals surface area (Å²) in [5, 5.41) is 6.02. The minimum Gasteiger partial charge on any atom is -0.385 e. The second-order valence-corrected chi connectivity index (χ2v) is 7.21. The van der Waals surface area contributed by atoms with E-state index in [0.717, 1.165) is 58.1 Å². The molecule has 0 bridgehead atoms. The summed E-state index contributed by atoms with van der Waals surface area (Å²) in [5.74, 6) is 1.01. The van der Waals surface area contributed by atoms with Crippen molar-refractivity contribution in [3.05, 3.63) is 48.0 Å². The lowest BCUT2D eigenvalue weighted by Gasteiger charge is -2.34. The van der Waals surface area contributed by atoms with Crippen LogP contribution in [0.2, 0.25) is 0 Å². The molecule has 0 radical (unpaired) electrons. The molecule has 1 aliphatic heterocycles. The average molecular weight is 384 g/mol. The Labute approximate surface area is 168 Å². The van der Waals surface area contributed by atoms with Crippen molar-refractivity contribution in [3.8, 4) is 0 Å². The average Bonchev–Trinajstić information content (AvgIpc) is 2.75. The Bertz CT molecular complexity index is 749. The number of methoxy groups -OCH3 is 1. The van der Waals surface area contributed by atoms with Gasteiger partial charge in [-0.05, 0) is 42.5 Å². The number of aliphatic imine (C=N–C) groups is 1. The third kappa shape index (κ3) is 5.69. The van der Waals surface area contributed by atoms with Crippen LogP contribution in [0.4, 0.5) is 0 Å². The summed E-state index contributed by atoms with van der Waals surface area (Å²) in [4.78, 5) is 7.31. The number of nitrogens with zero attached hydrogens (tertiary/aromatic N) is 2. The number of benzene rings is 2. The zero-order chi connectivity index (χ0) is 19.6. The highest BCUT2D eigenvalue weighted by atomic mass is 16.5. The first kappa shape index (κ1) is 20.6. The summed E-state index contributed by atoms with van der Waals surface area (Å²) in [6, 6.07) is 15.0. The predicted octanol–water partition coefficient (Wildman–Crippen LogP) is 3.82. The molecular formula is C23H33N3O2. The van der Waals surface area contributed by atoms with Crippen LogP contribution in [0.25, 0.3) is 10.8 Å². The molecule has 2 aromatic carbocycles. The number of fused-ring (bicyclic) bond motifs is 1. The molecule has 2 aromatic rings. The smallest absolute Gasteiger partial charge is 0.194 e. The SMILES string of the molecule is CCNC(=NCc1cccc2ccccc12)N1CCC(OCCCOC)CC1. The molecule has 1 heterocycles. The fraction of sp³-hybridized carbons (Fsp3) is 0.522. The van der Waals surface area contributed by atoms with Gasteiger partial charge in [0, 0.05) is 40.0 Å². The van der Waals surface area contributed by atoms with Crippen LogP contribution in [0.5, 0.6) is 0 Å². The zero-order valence-corrected chi connectivity index (χ0v) is 17.2. The summed E-state index contributed by atoms with van der Waals surface area (Å²) >= 11 is 0. The van der Waals surface area contributed by atoms with Gasteiger partial charge in [-0.15, -0.1) is 0 Å². The highest BCUT2D eigenvalue weighted by Crippen LogP contribution is 2.20. The Balaban J connectivity index is 1.59. The van der Waals surface area contributed by atoms with Gasteiger partial charge < -0.3 is 19.7 Å². The number of likely N-dealkylation sites (tertiary alicyclic amines) is 1. The van der Waals surface area contributed by atoms with Gasteiger partial charge in [-0.25, -0.2) is 4.99 Å². The second-order valence-electron chi connectivity index (χ2n) is 7.21. The molecule has 152 valence electrons. The van der Waals surface area contributed by atoms with E-state index in [2.05, 4.69) is 59.6 Å². The van der Waals surface area contributed by atoms with Gasteiger partial charge in [0.25, 0.3) is 0 Å². The number of rotatable bonds is 8. The van der Waals surface area contributed by atoms with Crippen LogP contribution in [0.15, 0.2) is 47.5 Å². The summed E-state index contributed by atoms with van der Waals surface area (Å²) in [6.45, 7) is 7.21. The monoisotopic (exact) mass is 383 g/mol. The third-order valence-corrected chi connectivity index (χ3v) is 5.20. The van der Waals surface area contributed by atoms with Crippen LogP contribution in [0.1, 0.15) is 31.7 Å². The molecule has 0 amide bonds. The minimum absolute atomic E-state index is 0.356. The first-order valence-electron chi connectivity index (χ1n) is 10.4. The molecular weight excluding hydrogens is 350 g/mol. The highest BCUT2D eigenvalue weighted by Gasteiger charge is 2.21. The van der Waals surface area contributed by atoms with E-state index in [1.54, 1.807) is 7.11 Å². The van der Waals surface area contributed by atoms with Crippen LogP contribution < -0.4 is 5.32 Å². The molecule has 1 saturated heterocycles. The Hall–Kier alpha value is -2.11. The van der Waals surface area contributed by atoms with E-state index in [4.69, 9.17) is 14.5 Å². The zero-order valence-electron chi connectivity index (χ0n) is 17.2. The molecule has 0 aromatic heterocycles. The van der Waals surface area contributed by atoms with E-state index >= 15 is 0 Å². The Morgan fingerprint density at radius 1 is 1.11 bits per heavy atom. The largest absolute Gasteiger partial charge is 0.385 e. The van der Waals surface area contributed by atoms with Crippen LogP contribution in [0.3, 0.4) is 0 Å². The molecule has 0 spiro atoms. The number of nitrogens with one attached hydrogen (secondary N) is 1. The van der Waals surface area contributed by atoms with Gasteiger partial charge in [-0.2, -0.15) is 0 Å². The molecule has 0 unspecified atom stereocenters. The first-order valence-corrected chi connectivity index (χ1v) is 10.4. The van der Waals surface area contributed by atoms with Crippen molar-refractivity contribution < 1.29 is 9.47 Å². The van der Waals surface area contributed by atoms with Crippen molar-refractivity contribution in [2.45, 2.75) is 38.8 Å². The molecule has 5 nitrogen and oxygen atoms in total. The van der Waals surface area contributed by atoms with E-state index < -0.39 is 0 Å². The maximum Gasteiger partial charge on any atom is 0.194 e. The van der Waals surface area contributed by atoms with Gasteiger partial charge in [-0.3, -0.25) is 0 Å². The fourth-order valence-electron chi connectivity index (χ4n) is 3.70. The number of hydrogen-bond acceptors (Lipinski definition) is 3. The van der Waals surface area contributed by atoms with E-state index in [-0.39, 0.29) is 0 Å². The van der Waals surface area contributed by atoms with Gasteiger partial charge in [0.15, 0.2) is 5.96 Å². The fourth-order valence-corrected chi connectivity index (χ4v) is 3.70. The molecule has 0 atom stereocenters.